The molecule has 4 rings (SSSR count). The Morgan fingerprint density at radius 2 is 2.04 bits per heavy atom. The number of aromatic nitrogens is 4. The third-order valence-electron chi connectivity index (χ3n) is 4.50. The van der Waals surface area contributed by atoms with Crippen LogP contribution >= 0.6 is 0 Å². The summed E-state index contributed by atoms with van der Waals surface area (Å²) in [6, 6.07) is 4.22. The lowest BCUT2D eigenvalue weighted by Crippen LogP contribution is -2.31. The predicted octanol–water partition coefficient (Wildman–Crippen LogP) is 2.65. The molecule has 24 heavy (non-hydrogen) atoms. The Labute approximate surface area is 141 Å². The second-order valence-corrected chi connectivity index (χ2v) is 6.46. The standard InChI is InChI=1S/C18H21N5O/c1-12-4-5-14(19-8-12)10-23-7-6-16-15(11-23)17(21-22(16)3)18-20-9-13(2)24-18/h4-5,8-9H,6-7,10-11H2,1-3H3. The fourth-order valence-electron chi connectivity index (χ4n) is 3.24. The van der Waals surface area contributed by atoms with Crippen LogP contribution in [0.4, 0.5) is 0 Å². The Morgan fingerprint density at radius 1 is 1.17 bits per heavy atom. The zero-order valence-corrected chi connectivity index (χ0v) is 14.3. The van der Waals surface area contributed by atoms with Crippen molar-refractivity contribution in [2.45, 2.75) is 33.4 Å². The molecule has 0 aliphatic carbocycles. The lowest BCUT2D eigenvalue weighted by molar-refractivity contribution is 0.240. The highest BCUT2D eigenvalue weighted by Gasteiger charge is 2.26. The highest BCUT2D eigenvalue weighted by molar-refractivity contribution is 5.55. The van der Waals surface area contributed by atoms with Crippen LogP contribution in [0.2, 0.25) is 0 Å². The third kappa shape index (κ3) is 2.73. The zero-order valence-electron chi connectivity index (χ0n) is 14.3. The number of oxazole rings is 1. The highest BCUT2D eigenvalue weighted by atomic mass is 16.4. The van der Waals surface area contributed by atoms with E-state index in [2.05, 4.69) is 39.0 Å². The van der Waals surface area contributed by atoms with Crippen molar-refractivity contribution < 1.29 is 4.42 Å². The Morgan fingerprint density at radius 3 is 2.75 bits per heavy atom. The van der Waals surface area contributed by atoms with E-state index in [9.17, 15) is 0 Å². The molecule has 0 unspecified atom stereocenters. The summed E-state index contributed by atoms with van der Waals surface area (Å²) in [6.07, 6.45) is 4.65. The van der Waals surface area contributed by atoms with E-state index in [1.807, 2.05) is 24.9 Å². The minimum absolute atomic E-state index is 0.611. The molecule has 3 aromatic heterocycles. The minimum Gasteiger partial charge on any atom is -0.440 e. The molecule has 0 amide bonds. The van der Waals surface area contributed by atoms with Crippen molar-refractivity contribution in [1.82, 2.24) is 24.6 Å². The molecule has 124 valence electrons. The normalized spacial score (nSPS) is 14.8. The van der Waals surface area contributed by atoms with E-state index in [-0.39, 0.29) is 0 Å². The molecular weight excluding hydrogens is 302 g/mol. The van der Waals surface area contributed by atoms with Gasteiger partial charge in [-0.05, 0) is 25.5 Å². The summed E-state index contributed by atoms with van der Waals surface area (Å²) in [5.41, 5.74) is 5.64. The van der Waals surface area contributed by atoms with Gasteiger partial charge in [0.15, 0.2) is 5.69 Å². The van der Waals surface area contributed by atoms with Crippen molar-refractivity contribution in [3.05, 3.63) is 52.8 Å². The first kappa shape index (κ1) is 15.1. The molecule has 4 heterocycles. The molecule has 6 nitrogen and oxygen atoms in total. The van der Waals surface area contributed by atoms with Crippen molar-refractivity contribution in [2.24, 2.45) is 7.05 Å². The molecule has 0 radical (unpaired) electrons. The van der Waals surface area contributed by atoms with Gasteiger partial charge < -0.3 is 4.42 Å². The molecule has 0 aromatic carbocycles. The number of fused-ring (bicyclic) bond motifs is 1. The van der Waals surface area contributed by atoms with E-state index in [0.29, 0.717) is 5.89 Å². The van der Waals surface area contributed by atoms with Crippen LogP contribution < -0.4 is 0 Å². The van der Waals surface area contributed by atoms with Gasteiger partial charge in [0.1, 0.15) is 5.76 Å². The summed E-state index contributed by atoms with van der Waals surface area (Å²) >= 11 is 0. The molecule has 3 aromatic rings. The van der Waals surface area contributed by atoms with Crippen molar-refractivity contribution in [2.75, 3.05) is 6.54 Å². The monoisotopic (exact) mass is 323 g/mol. The van der Waals surface area contributed by atoms with Crippen molar-refractivity contribution >= 4 is 0 Å². The summed E-state index contributed by atoms with van der Waals surface area (Å²) in [7, 11) is 2.00. The molecule has 0 N–H and O–H groups in total. The molecule has 0 fully saturated rings. The number of hydrogen-bond donors (Lipinski definition) is 0. The lowest BCUT2D eigenvalue weighted by atomic mass is 10.0. The second-order valence-electron chi connectivity index (χ2n) is 6.46. The molecule has 1 aliphatic rings. The van der Waals surface area contributed by atoms with Crippen molar-refractivity contribution in [1.29, 1.82) is 0 Å². The van der Waals surface area contributed by atoms with Crippen LogP contribution in [-0.2, 0) is 26.6 Å². The van der Waals surface area contributed by atoms with Crippen LogP contribution in [0.15, 0.2) is 28.9 Å². The first-order valence-electron chi connectivity index (χ1n) is 8.21. The average Bonchev–Trinajstić information content (AvgIpc) is 3.13. The number of nitrogens with zero attached hydrogens (tertiary/aromatic N) is 5. The fraction of sp³-hybridized carbons (Fsp3) is 0.389. The number of rotatable bonds is 3. The van der Waals surface area contributed by atoms with Gasteiger partial charge in [-0.3, -0.25) is 14.6 Å². The van der Waals surface area contributed by atoms with Gasteiger partial charge in [-0.15, -0.1) is 0 Å². The van der Waals surface area contributed by atoms with Crippen LogP contribution in [0.1, 0.15) is 28.3 Å². The molecule has 0 atom stereocenters. The van der Waals surface area contributed by atoms with Crippen LogP contribution in [0, 0.1) is 13.8 Å². The largest absolute Gasteiger partial charge is 0.440 e. The van der Waals surface area contributed by atoms with Crippen LogP contribution in [-0.4, -0.2) is 31.2 Å². The lowest BCUT2D eigenvalue weighted by Gasteiger charge is -2.27. The fourth-order valence-corrected chi connectivity index (χ4v) is 3.24. The maximum Gasteiger partial charge on any atom is 0.247 e. The summed E-state index contributed by atoms with van der Waals surface area (Å²) in [5, 5.41) is 4.65. The van der Waals surface area contributed by atoms with Crippen LogP contribution in [0.25, 0.3) is 11.6 Å². The van der Waals surface area contributed by atoms with Crippen molar-refractivity contribution in [3.63, 3.8) is 0 Å². The molecule has 6 heteroatoms. The molecule has 0 bridgehead atoms. The summed E-state index contributed by atoms with van der Waals surface area (Å²) < 4.78 is 7.66. The SMILES string of the molecule is Cc1ccc(CN2CCc3c(c(-c4ncc(C)o4)nn3C)C2)nc1. The Balaban J connectivity index is 1.60. The molecular formula is C18H21N5O. The number of aryl methyl sites for hydroxylation is 3. The summed E-state index contributed by atoms with van der Waals surface area (Å²) in [5.74, 6) is 1.42. The zero-order chi connectivity index (χ0) is 16.7. The van der Waals surface area contributed by atoms with Crippen molar-refractivity contribution in [3.8, 4) is 11.6 Å². The van der Waals surface area contributed by atoms with Gasteiger partial charge in [-0.2, -0.15) is 5.10 Å². The summed E-state index contributed by atoms with van der Waals surface area (Å²) in [6.45, 7) is 6.66. The predicted molar refractivity (Wildman–Crippen MR) is 90.2 cm³/mol. The molecule has 0 saturated carbocycles. The van der Waals surface area contributed by atoms with Crippen LogP contribution in [0.3, 0.4) is 0 Å². The average molecular weight is 323 g/mol. The van der Waals surface area contributed by atoms with E-state index >= 15 is 0 Å². The second kappa shape index (κ2) is 5.87. The van der Waals surface area contributed by atoms with Crippen LogP contribution in [0.5, 0.6) is 0 Å². The maximum atomic E-state index is 5.70. The highest BCUT2D eigenvalue weighted by Crippen LogP contribution is 2.29. The molecule has 0 saturated heterocycles. The number of hydrogen-bond acceptors (Lipinski definition) is 5. The van der Waals surface area contributed by atoms with E-state index in [0.717, 1.165) is 43.2 Å². The maximum absolute atomic E-state index is 5.70. The van der Waals surface area contributed by atoms with Gasteiger partial charge in [0.2, 0.25) is 5.89 Å². The van der Waals surface area contributed by atoms with Gasteiger partial charge in [0, 0.05) is 50.6 Å². The number of pyridine rings is 1. The van der Waals surface area contributed by atoms with E-state index in [1.165, 1.54) is 16.8 Å². The third-order valence-corrected chi connectivity index (χ3v) is 4.50. The first-order valence-corrected chi connectivity index (χ1v) is 8.21. The Kier molecular flexibility index (Phi) is 3.69. The van der Waals surface area contributed by atoms with E-state index < -0.39 is 0 Å². The molecule has 1 aliphatic heterocycles. The minimum atomic E-state index is 0.611. The topological polar surface area (TPSA) is 60.0 Å². The van der Waals surface area contributed by atoms with Gasteiger partial charge >= 0.3 is 0 Å². The van der Waals surface area contributed by atoms with Gasteiger partial charge in [-0.1, -0.05) is 6.07 Å². The Hall–Kier alpha value is -2.47. The first-order chi connectivity index (χ1) is 11.6. The van der Waals surface area contributed by atoms with Gasteiger partial charge in [0.25, 0.3) is 0 Å². The van der Waals surface area contributed by atoms with Gasteiger partial charge in [0.05, 0.1) is 11.9 Å². The van der Waals surface area contributed by atoms with E-state index in [4.69, 9.17) is 4.42 Å². The van der Waals surface area contributed by atoms with E-state index in [1.54, 1.807) is 6.20 Å². The van der Waals surface area contributed by atoms with Gasteiger partial charge in [-0.25, -0.2) is 4.98 Å². The molecule has 0 spiro atoms. The smallest absolute Gasteiger partial charge is 0.247 e. The Bertz CT molecular complexity index is 862. The quantitative estimate of drug-likeness (QED) is 0.741. The summed E-state index contributed by atoms with van der Waals surface area (Å²) in [4.78, 5) is 11.3.